The molecule has 13 heavy (non-hydrogen) atoms. The molecule has 1 atom stereocenters. The summed E-state index contributed by atoms with van der Waals surface area (Å²) in [6.07, 6.45) is 0. The van der Waals surface area contributed by atoms with E-state index in [1.165, 1.54) is 0 Å². The zero-order valence-corrected chi connectivity index (χ0v) is 9.03. The van der Waals surface area contributed by atoms with Gasteiger partial charge in [-0.05, 0) is 17.7 Å². The van der Waals surface area contributed by atoms with Crippen LogP contribution in [-0.4, -0.2) is 11.7 Å². The van der Waals surface area contributed by atoms with Crippen molar-refractivity contribution in [2.45, 2.75) is 6.04 Å². The van der Waals surface area contributed by atoms with Gasteiger partial charge in [0.1, 0.15) is 0 Å². The first-order valence-corrected chi connectivity index (χ1v) is 4.22. The van der Waals surface area contributed by atoms with E-state index in [0.29, 0.717) is 10.0 Å². The smallest absolute Gasteiger partial charge is 0.0624 e. The first-order chi connectivity index (χ1) is 5.65. The van der Waals surface area contributed by atoms with Gasteiger partial charge < -0.3 is 10.8 Å². The van der Waals surface area contributed by atoms with E-state index in [4.69, 9.17) is 34.0 Å². The van der Waals surface area contributed by atoms with Gasteiger partial charge in [0.05, 0.1) is 22.7 Å². The van der Waals surface area contributed by atoms with E-state index in [1.54, 1.807) is 18.2 Å². The van der Waals surface area contributed by atoms with Crippen LogP contribution in [0.5, 0.6) is 0 Å². The topological polar surface area (TPSA) is 46.2 Å². The molecule has 74 valence electrons. The maximum Gasteiger partial charge on any atom is 0.0624 e. The van der Waals surface area contributed by atoms with Gasteiger partial charge in [-0.2, -0.15) is 0 Å². The minimum absolute atomic E-state index is 0. The minimum atomic E-state index is -0.389. The summed E-state index contributed by atoms with van der Waals surface area (Å²) in [4.78, 5) is 0. The number of halogens is 3. The highest BCUT2D eigenvalue weighted by Crippen LogP contribution is 2.24. The van der Waals surface area contributed by atoms with Gasteiger partial charge in [-0.1, -0.05) is 29.3 Å². The van der Waals surface area contributed by atoms with Crippen LogP contribution in [0.2, 0.25) is 10.0 Å². The van der Waals surface area contributed by atoms with Crippen LogP contribution in [0.1, 0.15) is 11.6 Å². The molecule has 0 heterocycles. The van der Waals surface area contributed by atoms with Crippen molar-refractivity contribution in [1.29, 1.82) is 0 Å². The Hall–Kier alpha value is 0.01000. The SMILES string of the molecule is Cl.N[C@@H](CO)c1ccc(Cl)c(Cl)c1. The second-order valence-corrected chi connectivity index (χ2v) is 3.28. The zero-order chi connectivity index (χ0) is 9.14. The summed E-state index contributed by atoms with van der Waals surface area (Å²) in [5.74, 6) is 0. The first-order valence-electron chi connectivity index (χ1n) is 3.46. The molecule has 0 fully saturated rings. The van der Waals surface area contributed by atoms with Crippen molar-refractivity contribution in [2.24, 2.45) is 5.73 Å². The maximum absolute atomic E-state index is 8.75. The van der Waals surface area contributed by atoms with Gasteiger partial charge in [0.2, 0.25) is 0 Å². The molecule has 0 aliphatic heterocycles. The summed E-state index contributed by atoms with van der Waals surface area (Å²) in [6.45, 7) is -0.0992. The van der Waals surface area contributed by atoms with Gasteiger partial charge in [-0.25, -0.2) is 0 Å². The fraction of sp³-hybridized carbons (Fsp3) is 0.250. The number of aliphatic hydroxyl groups is 1. The molecule has 0 aromatic heterocycles. The Bertz CT molecular complexity index is 280. The van der Waals surface area contributed by atoms with Crippen molar-refractivity contribution in [3.8, 4) is 0 Å². The Labute approximate surface area is 93.1 Å². The van der Waals surface area contributed by atoms with Crippen LogP contribution in [0.15, 0.2) is 18.2 Å². The van der Waals surface area contributed by atoms with Crippen LogP contribution in [0, 0.1) is 0 Å². The molecule has 0 aliphatic carbocycles. The fourth-order valence-electron chi connectivity index (χ4n) is 0.848. The lowest BCUT2D eigenvalue weighted by Crippen LogP contribution is -2.14. The molecule has 0 saturated carbocycles. The van der Waals surface area contributed by atoms with E-state index >= 15 is 0 Å². The van der Waals surface area contributed by atoms with Crippen LogP contribution in [0.3, 0.4) is 0 Å². The van der Waals surface area contributed by atoms with Crippen molar-refractivity contribution in [1.82, 2.24) is 0 Å². The molecule has 1 aromatic rings. The van der Waals surface area contributed by atoms with Crippen LogP contribution in [-0.2, 0) is 0 Å². The summed E-state index contributed by atoms with van der Waals surface area (Å²) in [5, 5.41) is 9.70. The second kappa shape index (κ2) is 5.68. The molecular formula is C8H10Cl3NO. The summed E-state index contributed by atoms with van der Waals surface area (Å²) in [5.41, 5.74) is 6.35. The average Bonchev–Trinajstić information content (AvgIpc) is 2.08. The van der Waals surface area contributed by atoms with Gasteiger partial charge in [-0.3, -0.25) is 0 Å². The molecule has 1 rings (SSSR count). The van der Waals surface area contributed by atoms with E-state index in [1.807, 2.05) is 0 Å². The molecule has 0 bridgehead atoms. The molecule has 0 spiro atoms. The highest BCUT2D eigenvalue weighted by molar-refractivity contribution is 6.42. The number of hydrogen-bond donors (Lipinski definition) is 2. The summed E-state index contributed by atoms with van der Waals surface area (Å²) in [6, 6.07) is 4.68. The van der Waals surface area contributed by atoms with E-state index in [9.17, 15) is 0 Å². The van der Waals surface area contributed by atoms with E-state index < -0.39 is 0 Å². The van der Waals surface area contributed by atoms with Crippen molar-refractivity contribution in [2.75, 3.05) is 6.61 Å². The molecule has 0 amide bonds. The second-order valence-electron chi connectivity index (χ2n) is 2.46. The average molecular weight is 243 g/mol. The minimum Gasteiger partial charge on any atom is -0.394 e. The van der Waals surface area contributed by atoms with Crippen LogP contribution < -0.4 is 5.73 Å². The van der Waals surface area contributed by atoms with Crippen molar-refractivity contribution >= 4 is 35.6 Å². The lowest BCUT2D eigenvalue weighted by Gasteiger charge is -2.08. The number of rotatable bonds is 2. The Morgan fingerprint density at radius 1 is 1.31 bits per heavy atom. The Morgan fingerprint density at radius 3 is 2.38 bits per heavy atom. The fourth-order valence-corrected chi connectivity index (χ4v) is 1.15. The molecular weight excluding hydrogens is 232 g/mol. The summed E-state index contributed by atoms with van der Waals surface area (Å²) >= 11 is 11.4. The van der Waals surface area contributed by atoms with E-state index in [-0.39, 0.29) is 25.1 Å². The van der Waals surface area contributed by atoms with Gasteiger partial charge >= 0.3 is 0 Å². The monoisotopic (exact) mass is 241 g/mol. The maximum atomic E-state index is 8.75. The third-order valence-electron chi connectivity index (χ3n) is 1.57. The molecule has 2 nitrogen and oxygen atoms in total. The van der Waals surface area contributed by atoms with Gasteiger partial charge in [0.15, 0.2) is 0 Å². The Morgan fingerprint density at radius 2 is 1.92 bits per heavy atom. The summed E-state index contributed by atoms with van der Waals surface area (Å²) < 4.78 is 0. The van der Waals surface area contributed by atoms with Gasteiger partial charge in [0, 0.05) is 0 Å². The lowest BCUT2D eigenvalue weighted by molar-refractivity contribution is 0.268. The molecule has 5 heteroatoms. The van der Waals surface area contributed by atoms with E-state index in [0.717, 1.165) is 5.56 Å². The van der Waals surface area contributed by atoms with Crippen LogP contribution in [0.4, 0.5) is 0 Å². The predicted octanol–water partition coefficient (Wildman–Crippen LogP) is 2.41. The molecule has 0 radical (unpaired) electrons. The summed E-state index contributed by atoms with van der Waals surface area (Å²) in [7, 11) is 0. The first kappa shape index (κ1) is 13.0. The molecule has 1 aromatic carbocycles. The largest absolute Gasteiger partial charge is 0.394 e. The van der Waals surface area contributed by atoms with Crippen molar-refractivity contribution < 1.29 is 5.11 Å². The quantitative estimate of drug-likeness (QED) is 0.837. The third-order valence-corrected chi connectivity index (χ3v) is 2.31. The van der Waals surface area contributed by atoms with E-state index in [2.05, 4.69) is 0 Å². The number of aliphatic hydroxyl groups excluding tert-OH is 1. The van der Waals surface area contributed by atoms with Gasteiger partial charge in [0.25, 0.3) is 0 Å². The van der Waals surface area contributed by atoms with Crippen LogP contribution >= 0.6 is 35.6 Å². The third kappa shape index (κ3) is 3.33. The van der Waals surface area contributed by atoms with Crippen molar-refractivity contribution in [3.63, 3.8) is 0 Å². The Balaban J connectivity index is 0.00000144. The standard InChI is InChI=1S/C8H9Cl2NO.ClH/c9-6-2-1-5(3-7(6)10)8(11)4-12;/h1-3,8,12H,4,11H2;1H/t8-;/m0./s1. The molecule has 0 unspecified atom stereocenters. The lowest BCUT2D eigenvalue weighted by atomic mass is 10.1. The molecule has 0 aliphatic rings. The molecule has 3 N–H and O–H groups in total. The number of hydrogen-bond acceptors (Lipinski definition) is 2. The zero-order valence-electron chi connectivity index (χ0n) is 6.71. The number of nitrogens with two attached hydrogens (primary N) is 1. The van der Waals surface area contributed by atoms with Crippen LogP contribution in [0.25, 0.3) is 0 Å². The number of benzene rings is 1. The van der Waals surface area contributed by atoms with Gasteiger partial charge in [-0.15, -0.1) is 12.4 Å². The highest BCUT2D eigenvalue weighted by atomic mass is 35.5. The predicted molar refractivity (Wildman–Crippen MR) is 57.7 cm³/mol. The highest BCUT2D eigenvalue weighted by Gasteiger charge is 2.05. The normalized spacial score (nSPS) is 12.0. The molecule has 0 saturated heterocycles. The van der Waals surface area contributed by atoms with Crippen molar-refractivity contribution in [3.05, 3.63) is 33.8 Å². The Kier molecular flexibility index (Phi) is 5.68.